The van der Waals surface area contributed by atoms with Crippen molar-refractivity contribution in [2.24, 2.45) is 0 Å². The first-order valence-corrected chi connectivity index (χ1v) is 8.34. The number of benzene rings is 1. The minimum Gasteiger partial charge on any atom is -0.444 e. The van der Waals surface area contributed by atoms with Crippen LogP contribution in [0.2, 0.25) is 5.02 Å². The topological polar surface area (TPSA) is 41.3 Å². The predicted octanol–water partition coefficient (Wildman–Crippen LogP) is 3.32. The molecule has 0 spiro atoms. The molecule has 116 valence electrons. The molecule has 1 saturated carbocycles. The molecule has 1 unspecified atom stereocenters. The number of rotatable bonds is 5. The highest BCUT2D eigenvalue weighted by molar-refractivity contribution is 6.30. The number of nitrogens with one attached hydrogen (secondary N) is 1. The molecule has 2 heterocycles. The zero-order chi connectivity index (χ0) is 14.9. The lowest BCUT2D eigenvalue weighted by molar-refractivity contribution is 0.186. The van der Waals surface area contributed by atoms with Gasteiger partial charge in [-0.15, -0.1) is 0 Å². The lowest BCUT2D eigenvalue weighted by atomic mass is 10.2. The van der Waals surface area contributed by atoms with Gasteiger partial charge in [0.15, 0.2) is 0 Å². The van der Waals surface area contributed by atoms with Gasteiger partial charge in [0, 0.05) is 35.8 Å². The molecule has 4 nitrogen and oxygen atoms in total. The van der Waals surface area contributed by atoms with E-state index < -0.39 is 0 Å². The van der Waals surface area contributed by atoms with E-state index in [0.29, 0.717) is 17.0 Å². The second-order valence-corrected chi connectivity index (χ2v) is 6.64. The van der Waals surface area contributed by atoms with Crippen molar-refractivity contribution < 1.29 is 4.42 Å². The van der Waals surface area contributed by atoms with E-state index in [1.807, 2.05) is 24.3 Å². The molecule has 5 heteroatoms. The highest BCUT2D eigenvalue weighted by Crippen LogP contribution is 2.32. The van der Waals surface area contributed by atoms with E-state index in [9.17, 15) is 0 Å². The summed E-state index contributed by atoms with van der Waals surface area (Å²) in [5.41, 5.74) is 1.94. The fourth-order valence-corrected chi connectivity index (χ4v) is 3.40. The van der Waals surface area contributed by atoms with Crippen LogP contribution >= 0.6 is 11.6 Å². The van der Waals surface area contributed by atoms with Gasteiger partial charge in [0.05, 0.1) is 5.69 Å². The Bertz CT molecular complexity index is 647. The molecule has 1 saturated heterocycles. The molecule has 2 fully saturated rings. The van der Waals surface area contributed by atoms with Crippen LogP contribution in [0.5, 0.6) is 0 Å². The van der Waals surface area contributed by atoms with E-state index >= 15 is 0 Å². The molecule has 1 aliphatic heterocycles. The van der Waals surface area contributed by atoms with Crippen LogP contribution in [0.15, 0.2) is 34.9 Å². The maximum atomic E-state index is 6.04. The standard InChI is InChI=1S/C17H20ClN3O/c18-13-3-1-2-12(8-13)17-20-14(11-22-17)10-21(15-4-5-15)16-6-7-19-9-16/h1-3,8,11,15-16,19H,4-7,9-10H2. The average molecular weight is 318 g/mol. The average Bonchev–Trinajstić information content (AvgIpc) is 3.02. The smallest absolute Gasteiger partial charge is 0.226 e. The van der Waals surface area contributed by atoms with Gasteiger partial charge in [-0.25, -0.2) is 4.98 Å². The van der Waals surface area contributed by atoms with Crippen LogP contribution in [0.1, 0.15) is 25.0 Å². The van der Waals surface area contributed by atoms with Crippen molar-refractivity contribution in [2.75, 3.05) is 13.1 Å². The third-order valence-corrected chi connectivity index (χ3v) is 4.72. The monoisotopic (exact) mass is 317 g/mol. The summed E-state index contributed by atoms with van der Waals surface area (Å²) < 4.78 is 5.66. The van der Waals surface area contributed by atoms with Gasteiger partial charge in [-0.05, 0) is 44.0 Å². The van der Waals surface area contributed by atoms with Gasteiger partial charge in [0.1, 0.15) is 6.26 Å². The first-order valence-electron chi connectivity index (χ1n) is 7.96. The Labute approximate surface area is 135 Å². The van der Waals surface area contributed by atoms with Gasteiger partial charge < -0.3 is 9.73 Å². The quantitative estimate of drug-likeness (QED) is 0.918. The molecule has 1 aromatic carbocycles. The van der Waals surface area contributed by atoms with Crippen LogP contribution in [0.3, 0.4) is 0 Å². The highest BCUT2D eigenvalue weighted by Gasteiger charge is 2.35. The minimum atomic E-state index is 0.638. The Balaban J connectivity index is 1.51. The molecule has 1 aromatic heterocycles. The van der Waals surface area contributed by atoms with Crippen LogP contribution in [0.25, 0.3) is 11.5 Å². The van der Waals surface area contributed by atoms with E-state index in [2.05, 4.69) is 15.2 Å². The summed E-state index contributed by atoms with van der Waals surface area (Å²) in [6.07, 6.45) is 5.65. The number of halogens is 1. The molecule has 22 heavy (non-hydrogen) atoms. The van der Waals surface area contributed by atoms with Gasteiger partial charge in [0.25, 0.3) is 0 Å². The first-order chi connectivity index (χ1) is 10.8. The number of hydrogen-bond donors (Lipinski definition) is 1. The molecule has 2 aliphatic rings. The zero-order valence-electron chi connectivity index (χ0n) is 12.5. The van der Waals surface area contributed by atoms with Crippen molar-refractivity contribution in [1.29, 1.82) is 0 Å². The van der Waals surface area contributed by atoms with Crippen molar-refractivity contribution in [3.05, 3.63) is 41.2 Å². The fraction of sp³-hybridized carbons (Fsp3) is 0.471. The lowest BCUT2D eigenvalue weighted by Gasteiger charge is -2.27. The van der Waals surface area contributed by atoms with Crippen LogP contribution in [0.4, 0.5) is 0 Å². The molecule has 0 radical (unpaired) electrons. The largest absolute Gasteiger partial charge is 0.444 e. The fourth-order valence-electron chi connectivity index (χ4n) is 3.21. The molecule has 0 bridgehead atoms. The van der Waals surface area contributed by atoms with Crippen LogP contribution < -0.4 is 5.32 Å². The van der Waals surface area contributed by atoms with E-state index in [1.165, 1.54) is 19.3 Å². The molecule has 2 aromatic rings. The molecular formula is C17H20ClN3O. The second kappa shape index (κ2) is 6.03. The molecule has 1 N–H and O–H groups in total. The molecule has 4 rings (SSSR count). The third-order valence-electron chi connectivity index (χ3n) is 4.49. The summed E-state index contributed by atoms with van der Waals surface area (Å²) in [7, 11) is 0. The molecule has 0 amide bonds. The highest BCUT2D eigenvalue weighted by atomic mass is 35.5. The van der Waals surface area contributed by atoms with Crippen molar-refractivity contribution >= 4 is 11.6 Å². The summed E-state index contributed by atoms with van der Waals surface area (Å²) >= 11 is 6.04. The van der Waals surface area contributed by atoms with Crippen molar-refractivity contribution in [1.82, 2.24) is 15.2 Å². The predicted molar refractivity (Wildman–Crippen MR) is 86.8 cm³/mol. The Morgan fingerprint density at radius 2 is 2.18 bits per heavy atom. The van der Waals surface area contributed by atoms with Gasteiger partial charge in [0.2, 0.25) is 5.89 Å². The van der Waals surface area contributed by atoms with Crippen molar-refractivity contribution in [3.8, 4) is 11.5 Å². The normalized spacial score (nSPS) is 21.6. The summed E-state index contributed by atoms with van der Waals surface area (Å²) in [6.45, 7) is 3.09. The Hall–Kier alpha value is -1.36. The number of oxazole rings is 1. The van der Waals surface area contributed by atoms with Crippen LogP contribution in [-0.2, 0) is 6.54 Å². The summed E-state index contributed by atoms with van der Waals surface area (Å²) in [6, 6.07) is 9.01. The molecule has 1 atom stereocenters. The van der Waals surface area contributed by atoms with E-state index in [1.54, 1.807) is 6.26 Å². The minimum absolute atomic E-state index is 0.638. The maximum Gasteiger partial charge on any atom is 0.226 e. The number of nitrogens with zero attached hydrogens (tertiary/aromatic N) is 2. The van der Waals surface area contributed by atoms with Crippen molar-refractivity contribution in [2.45, 2.75) is 37.9 Å². The van der Waals surface area contributed by atoms with Gasteiger partial charge in [-0.3, -0.25) is 4.90 Å². The van der Waals surface area contributed by atoms with Crippen LogP contribution in [-0.4, -0.2) is 35.1 Å². The summed E-state index contributed by atoms with van der Waals surface area (Å²) in [4.78, 5) is 7.25. The van der Waals surface area contributed by atoms with Crippen LogP contribution in [0, 0.1) is 0 Å². The van der Waals surface area contributed by atoms with Gasteiger partial charge >= 0.3 is 0 Å². The van der Waals surface area contributed by atoms with Gasteiger partial charge in [-0.2, -0.15) is 0 Å². The number of aromatic nitrogens is 1. The summed E-state index contributed by atoms with van der Waals surface area (Å²) in [5, 5.41) is 4.16. The Morgan fingerprint density at radius 1 is 1.27 bits per heavy atom. The maximum absolute atomic E-state index is 6.04. The third kappa shape index (κ3) is 3.05. The SMILES string of the molecule is Clc1cccc(-c2nc(CN(C3CC3)C3CCNC3)co2)c1. The Kier molecular flexibility index (Phi) is 3.90. The lowest BCUT2D eigenvalue weighted by Crippen LogP contribution is -2.38. The second-order valence-electron chi connectivity index (χ2n) is 6.20. The number of hydrogen-bond acceptors (Lipinski definition) is 4. The van der Waals surface area contributed by atoms with Crippen molar-refractivity contribution in [3.63, 3.8) is 0 Å². The molecular weight excluding hydrogens is 298 g/mol. The Morgan fingerprint density at radius 3 is 2.91 bits per heavy atom. The molecule has 1 aliphatic carbocycles. The first kappa shape index (κ1) is 14.2. The van der Waals surface area contributed by atoms with E-state index in [-0.39, 0.29) is 0 Å². The zero-order valence-corrected chi connectivity index (χ0v) is 13.2. The van der Waals surface area contributed by atoms with Gasteiger partial charge in [-0.1, -0.05) is 17.7 Å². The van der Waals surface area contributed by atoms with E-state index in [4.69, 9.17) is 16.0 Å². The van der Waals surface area contributed by atoms with E-state index in [0.717, 1.165) is 36.9 Å². The summed E-state index contributed by atoms with van der Waals surface area (Å²) in [5.74, 6) is 0.651.